The van der Waals surface area contributed by atoms with Crippen LogP contribution in [0.3, 0.4) is 0 Å². The summed E-state index contributed by atoms with van der Waals surface area (Å²) < 4.78 is 27.3. The molecule has 6 rings (SSSR count). The zero-order valence-electron chi connectivity index (χ0n) is 22.4. The van der Waals surface area contributed by atoms with Crippen molar-refractivity contribution in [2.45, 2.75) is 19.7 Å². The molecule has 212 valence electrons. The molecule has 1 aliphatic rings. The number of hydrogen-bond acceptors (Lipinski definition) is 10. The fourth-order valence-corrected chi connectivity index (χ4v) is 4.87. The molecule has 0 saturated carbocycles. The summed E-state index contributed by atoms with van der Waals surface area (Å²) in [6.45, 7) is 3.73. The number of nitriles is 1. The number of oxazole rings is 1. The molecule has 12 nitrogen and oxygen atoms in total. The maximum Gasteiger partial charge on any atom is 0.335 e. The molecule has 2 aromatic carbocycles. The lowest BCUT2D eigenvalue weighted by Gasteiger charge is -2.35. The van der Waals surface area contributed by atoms with Gasteiger partial charge in [0.25, 0.3) is 0 Å². The Bertz CT molecular complexity index is 1770. The molecule has 0 atom stereocenters. The second-order valence-corrected chi connectivity index (χ2v) is 9.73. The molecule has 1 N–H and O–H groups in total. The van der Waals surface area contributed by atoms with Crippen LogP contribution in [0.2, 0.25) is 0 Å². The molecule has 3 aromatic heterocycles. The molecule has 0 unspecified atom stereocenters. The number of hydrogen-bond donors (Lipinski definition) is 1. The summed E-state index contributed by atoms with van der Waals surface area (Å²) >= 11 is 0. The highest BCUT2D eigenvalue weighted by atomic mass is 19.1. The Morgan fingerprint density at radius 2 is 1.93 bits per heavy atom. The second-order valence-electron chi connectivity index (χ2n) is 9.73. The number of aromatic carboxylic acids is 1. The van der Waals surface area contributed by atoms with Gasteiger partial charge in [-0.05, 0) is 30.3 Å². The number of carboxylic acids is 1. The number of carboxylic acid groups (broad SMARTS) is 1. The van der Waals surface area contributed by atoms with E-state index in [4.69, 9.17) is 19.4 Å². The minimum atomic E-state index is -1.00. The van der Waals surface area contributed by atoms with Gasteiger partial charge in [-0.1, -0.05) is 6.07 Å². The number of anilines is 1. The second kappa shape index (κ2) is 11.6. The summed E-state index contributed by atoms with van der Waals surface area (Å²) in [4.78, 5) is 33.6. The fraction of sp³-hybridized carbons (Fsp3) is 0.241. The molecule has 0 amide bonds. The molecule has 1 aliphatic heterocycles. The Hall–Kier alpha value is -5.35. The molecular weight excluding hydrogens is 543 g/mol. The lowest BCUT2D eigenvalue weighted by molar-refractivity contribution is 0.0697. The minimum Gasteiger partial charge on any atom is -0.478 e. The highest BCUT2D eigenvalue weighted by Crippen LogP contribution is 2.23. The third kappa shape index (κ3) is 5.74. The number of aromatic nitrogens is 5. The molecule has 5 aromatic rings. The van der Waals surface area contributed by atoms with Crippen molar-refractivity contribution in [2.75, 3.05) is 31.1 Å². The average Bonchev–Trinajstić information content (AvgIpc) is 3.65. The monoisotopic (exact) mass is 568 g/mol. The van der Waals surface area contributed by atoms with E-state index in [1.165, 1.54) is 24.7 Å². The first-order chi connectivity index (χ1) is 20.5. The molecule has 42 heavy (non-hydrogen) atoms. The van der Waals surface area contributed by atoms with Crippen LogP contribution in [0, 0.1) is 17.1 Å². The number of rotatable bonds is 9. The van der Waals surface area contributed by atoms with Crippen molar-refractivity contribution in [1.82, 2.24) is 29.4 Å². The Balaban J connectivity index is 1.12. The minimum absolute atomic E-state index is 0.0236. The molecule has 0 aliphatic carbocycles. The van der Waals surface area contributed by atoms with Gasteiger partial charge in [0.05, 0.1) is 41.0 Å². The van der Waals surface area contributed by atoms with E-state index >= 15 is 0 Å². The van der Waals surface area contributed by atoms with E-state index in [0.717, 1.165) is 18.9 Å². The van der Waals surface area contributed by atoms with Crippen LogP contribution in [0.15, 0.2) is 65.7 Å². The first-order valence-electron chi connectivity index (χ1n) is 13.2. The molecule has 13 heteroatoms. The Labute approximate surface area is 239 Å². The van der Waals surface area contributed by atoms with Gasteiger partial charge >= 0.3 is 5.97 Å². The van der Waals surface area contributed by atoms with Gasteiger partial charge in [-0.15, -0.1) is 0 Å². The lowest BCUT2D eigenvalue weighted by atomic mass is 10.1. The standard InChI is InChI=1S/C29H25FN8O4/c30-22-11-19(14-31)1-2-21(22)17-42-27-13-25(33-18-34-27)37-8-6-36(7-9-37)15-26-35-23-4-3-20(29(39)40)12-24(23)38(26)16-28-32-5-10-41-28/h1-5,10-13,18H,6-9,15-17H2,(H,39,40). The Morgan fingerprint density at radius 3 is 2.67 bits per heavy atom. The summed E-state index contributed by atoms with van der Waals surface area (Å²) in [7, 11) is 0. The predicted octanol–water partition coefficient (Wildman–Crippen LogP) is 3.47. The van der Waals surface area contributed by atoms with Crippen molar-refractivity contribution in [3.05, 3.63) is 95.5 Å². The summed E-state index contributed by atoms with van der Waals surface area (Å²) in [5, 5.41) is 18.4. The lowest BCUT2D eigenvalue weighted by Crippen LogP contribution is -2.46. The van der Waals surface area contributed by atoms with Crippen LogP contribution in [-0.4, -0.2) is 66.7 Å². The SMILES string of the molecule is N#Cc1ccc(COc2cc(N3CCN(Cc4nc5ccc(C(=O)O)cc5n4Cc4ncco4)CC3)ncn2)c(F)c1. The van der Waals surface area contributed by atoms with Crippen LogP contribution < -0.4 is 9.64 Å². The van der Waals surface area contributed by atoms with Crippen LogP contribution in [0.1, 0.15) is 33.2 Å². The number of fused-ring (bicyclic) bond motifs is 1. The highest BCUT2D eigenvalue weighted by Gasteiger charge is 2.22. The predicted molar refractivity (Wildman–Crippen MR) is 147 cm³/mol. The smallest absolute Gasteiger partial charge is 0.335 e. The van der Waals surface area contributed by atoms with E-state index in [9.17, 15) is 14.3 Å². The number of halogens is 1. The number of carbonyl (C=O) groups is 1. The van der Waals surface area contributed by atoms with Crippen LogP contribution in [0.5, 0.6) is 5.88 Å². The molecule has 4 heterocycles. The normalized spacial score (nSPS) is 13.8. The van der Waals surface area contributed by atoms with Crippen molar-refractivity contribution in [1.29, 1.82) is 5.26 Å². The van der Waals surface area contributed by atoms with Crippen LogP contribution in [-0.2, 0) is 19.7 Å². The third-order valence-electron chi connectivity index (χ3n) is 7.10. The number of benzene rings is 2. The third-order valence-corrected chi connectivity index (χ3v) is 7.10. The van der Waals surface area contributed by atoms with Gasteiger partial charge in [0, 0.05) is 37.8 Å². The number of imidazole rings is 1. The number of ether oxygens (including phenoxy) is 1. The van der Waals surface area contributed by atoms with Crippen molar-refractivity contribution in [2.24, 2.45) is 0 Å². The van der Waals surface area contributed by atoms with Crippen LogP contribution in [0.4, 0.5) is 10.2 Å². The van der Waals surface area contributed by atoms with Crippen molar-refractivity contribution in [3.63, 3.8) is 0 Å². The van der Waals surface area contributed by atoms with Gasteiger partial charge in [-0.25, -0.2) is 29.1 Å². The van der Waals surface area contributed by atoms with Crippen LogP contribution in [0.25, 0.3) is 11.0 Å². The van der Waals surface area contributed by atoms with E-state index < -0.39 is 11.8 Å². The first kappa shape index (κ1) is 26.9. The maximum absolute atomic E-state index is 14.2. The van der Waals surface area contributed by atoms with E-state index in [-0.39, 0.29) is 17.7 Å². The van der Waals surface area contributed by atoms with Gasteiger partial charge in [-0.2, -0.15) is 5.26 Å². The van der Waals surface area contributed by atoms with Crippen LogP contribution >= 0.6 is 0 Å². The van der Waals surface area contributed by atoms with E-state index in [1.54, 1.807) is 36.5 Å². The largest absolute Gasteiger partial charge is 0.478 e. The Morgan fingerprint density at radius 1 is 1.07 bits per heavy atom. The van der Waals surface area contributed by atoms with E-state index in [1.807, 2.05) is 10.6 Å². The van der Waals surface area contributed by atoms with Crippen molar-refractivity contribution >= 4 is 22.8 Å². The summed E-state index contributed by atoms with van der Waals surface area (Å²) in [5.74, 6) is 0.815. The van der Waals surface area contributed by atoms with Crippen molar-refractivity contribution < 1.29 is 23.4 Å². The van der Waals surface area contributed by atoms with Gasteiger partial charge < -0.3 is 23.7 Å². The molecular formula is C29H25FN8O4. The quantitative estimate of drug-likeness (QED) is 0.279. The molecule has 0 radical (unpaired) electrons. The summed E-state index contributed by atoms with van der Waals surface area (Å²) in [6.07, 6.45) is 4.50. The van der Waals surface area contributed by atoms with Crippen molar-refractivity contribution in [3.8, 4) is 11.9 Å². The molecule has 0 bridgehead atoms. The average molecular weight is 569 g/mol. The number of nitrogens with zero attached hydrogens (tertiary/aromatic N) is 8. The van der Waals surface area contributed by atoms with E-state index in [0.29, 0.717) is 60.4 Å². The molecule has 1 fully saturated rings. The number of piperazine rings is 1. The summed E-state index contributed by atoms with van der Waals surface area (Å²) in [5.41, 5.74) is 2.17. The summed E-state index contributed by atoms with van der Waals surface area (Å²) in [6, 6.07) is 12.8. The topological polar surface area (TPSA) is 146 Å². The maximum atomic E-state index is 14.2. The molecule has 0 spiro atoms. The Kier molecular flexibility index (Phi) is 7.44. The van der Waals surface area contributed by atoms with Gasteiger partial charge in [0.15, 0.2) is 0 Å². The van der Waals surface area contributed by atoms with Gasteiger partial charge in [0.1, 0.15) is 43.2 Å². The highest BCUT2D eigenvalue weighted by molar-refractivity contribution is 5.92. The zero-order valence-corrected chi connectivity index (χ0v) is 22.4. The fourth-order valence-electron chi connectivity index (χ4n) is 4.87. The van der Waals surface area contributed by atoms with E-state index in [2.05, 4.69) is 24.8 Å². The van der Waals surface area contributed by atoms with Gasteiger partial charge in [-0.3, -0.25) is 4.90 Å². The molecule has 1 saturated heterocycles. The zero-order chi connectivity index (χ0) is 29.1. The van der Waals surface area contributed by atoms with Gasteiger partial charge in [0.2, 0.25) is 11.8 Å². The first-order valence-corrected chi connectivity index (χ1v) is 13.2.